The van der Waals surface area contributed by atoms with Gasteiger partial charge in [0, 0.05) is 29.9 Å². The van der Waals surface area contributed by atoms with Gasteiger partial charge in [-0.25, -0.2) is 4.39 Å². The van der Waals surface area contributed by atoms with E-state index in [9.17, 15) is 14.0 Å². The van der Waals surface area contributed by atoms with E-state index >= 15 is 0 Å². The highest BCUT2D eigenvalue weighted by Gasteiger charge is 2.40. The summed E-state index contributed by atoms with van der Waals surface area (Å²) in [5.74, 6) is -0.343. The van der Waals surface area contributed by atoms with Gasteiger partial charge in [-0.15, -0.1) is 11.8 Å². The summed E-state index contributed by atoms with van der Waals surface area (Å²) in [6.45, 7) is 3.12. The lowest BCUT2D eigenvalue weighted by molar-refractivity contribution is -0.130. The van der Waals surface area contributed by atoms with Crippen molar-refractivity contribution in [1.29, 1.82) is 0 Å². The number of hydrogen-bond donors (Lipinski definition) is 1. The van der Waals surface area contributed by atoms with Crippen LogP contribution in [-0.4, -0.2) is 34.6 Å². The van der Waals surface area contributed by atoms with Crippen molar-refractivity contribution in [3.63, 3.8) is 0 Å². The number of rotatable bonds is 7. The van der Waals surface area contributed by atoms with E-state index in [1.54, 1.807) is 23.9 Å². The Hall–Kier alpha value is -3.38. The van der Waals surface area contributed by atoms with E-state index in [0.717, 1.165) is 41.7 Å². The van der Waals surface area contributed by atoms with Crippen LogP contribution < -0.4 is 5.32 Å². The van der Waals surface area contributed by atoms with Crippen LogP contribution in [0.4, 0.5) is 4.39 Å². The molecule has 6 heteroatoms. The number of carbonyl (C=O) groups is 2. The first-order chi connectivity index (χ1) is 18.5. The molecule has 4 nitrogen and oxygen atoms in total. The van der Waals surface area contributed by atoms with Crippen molar-refractivity contribution in [2.24, 2.45) is 0 Å². The molecule has 1 saturated carbocycles. The summed E-state index contributed by atoms with van der Waals surface area (Å²) in [6.07, 6.45) is 7.12. The number of hydrogen-bond acceptors (Lipinski definition) is 3. The molecule has 1 N–H and O–H groups in total. The van der Waals surface area contributed by atoms with Crippen LogP contribution in [-0.2, 0) is 17.8 Å². The Morgan fingerprint density at radius 1 is 0.974 bits per heavy atom. The maximum Gasteiger partial charge on any atom is 0.260 e. The molecule has 2 fully saturated rings. The summed E-state index contributed by atoms with van der Waals surface area (Å²) in [5, 5.41) is 3.36. The molecule has 2 unspecified atom stereocenters. The number of carbonyl (C=O) groups excluding carboxylic acids is 2. The maximum absolute atomic E-state index is 13.6. The summed E-state index contributed by atoms with van der Waals surface area (Å²) in [4.78, 5) is 28.9. The number of benzene rings is 3. The second kappa shape index (κ2) is 12.0. The van der Waals surface area contributed by atoms with Crippen LogP contribution in [0.3, 0.4) is 0 Å². The van der Waals surface area contributed by atoms with E-state index in [2.05, 4.69) is 36.5 Å². The molecule has 0 radical (unpaired) electrons. The first kappa shape index (κ1) is 26.2. The molecular formula is C32H33FN2O2S. The Kier molecular flexibility index (Phi) is 8.28. The zero-order valence-corrected chi connectivity index (χ0v) is 22.5. The third kappa shape index (κ3) is 6.36. The Labute approximate surface area is 228 Å². The Morgan fingerprint density at radius 2 is 1.66 bits per heavy atom. The van der Waals surface area contributed by atoms with E-state index in [4.69, 9.17) is 0 Å². The van der Waals surface area contributed by atoms with Crippen molar-refractivity contribution in [2.75, 3.05) is 6.54 Å². The van der Waals surface area contributed by atoms with Gasteiger partial charge >= 0.3 is 0 Å². The first-order valence-electron chi connectivity index (χ1n) is 13.3. The highest BCUT2D eigenvalue weighted by atomic mass is 32.2. The molecule has 5 rings (SSSR count). The Morgan fingerprint density at radius 3 is 2.39 bits per heavy atom. The van der Waals surface area contributed by atoms with Gasteiger partial charge < -0.3 is 10.2 Å². The average molecular weight is 529 g/mol. The molecule has 3 aromatic rings. The van der Waals surface area contributed by atoms with Crippen LogP contribution in [0.25, 0.3) is 6.08 Å². The highest BCUT2D eigenvalue weighted by Crippen LogP contribution is 2.42. The van der Waals surface area contributed by atoms with Gasteiger partial charge in [0.1, 0.15) is 5.82 Å². The maximum atomic E-state index is 13.6. The fourth-order valence-corrected chi connectivity index (χ4v) is 6.68. The van der Waals surface area contributed by atoms with E-state index in [-0.39, 0.29) is 23.7 Å². The normalized spacial score (nSPS) is 20.3. The second-order valence-corrected chi connectivity index (χ2v) is 11.5. The lowest BCUT2D eigenvalue weighted by atomic mass is 9.92. The minimum absolute atomic E-state index is 0.0281. The van der Waals surface area contributed by atoms with Crippen LogP contribution in [0.2, 0.25) is 0 Å². The van der Waals surface area contributed by atoms with E-state index in [1.165, 1.54) is 29.7 Å². The van der Waals surface area contributed by atoms with Crippen LogP contribution in [0, 0.1) is 12.7 Å². The van der Waals surface area contributed by atoms with Crippen molar-refractivity contribution in [1.82, 2.24) is 10.2 Å². The second-order valence-electron chi connectivity index (χ2n) is 10.2. The molecule has 3 aromatic carbocycles. The molecule has 1 aliphatic carbocycles. The van der Waals surface area contributed by atoms with E-state index < -0.39 is 0 Å². The number of fused-ring (bicyclic) bond motifs is 1. The van der Waals surface area contributed by atoms with Crippen molar-refractivity contribution < 1.29 is 14.0 Å². The molecule has 2 aliphatic rings. The molecule has 2 atom stereocenters. The molecule has 0 bridgehead atoms. The summed E-state index contributed by atoms with van der Waals surface area (Å²) in [6, 6.07) is 22.4. The number of aryl methyl sites for hydroxylation is 1. The predicted molar refractivity (Wildman–Crippen MR) is 152 cm³/mol. The van der Waals surface area contributed by atoms with Crippen molar-refractivity contribution in [3.8, 4) is 0 Å². The SMILES string of the molecule is Cc1ccc(CCNC(=O)c2ccc(/C=C3\SC4CCCCC4N(Cc4ccc(F)cc4)C3=O)cc2)cc1. The largest absolute Gasteiger partial charge is 0.352 e. The van der Waals surface area contributed by atoms with Crippen LogP contribution in [0.15, 0.2) is 77.7 Å². The van der Waals surface area contributed by atoms with Crippen LogP contribution >= 0.6 is 11.8 Å². The highest BCUT2D eigenvalue weighted by molar-refractivity contribution is 8.04. The molecule has 2 amide bonds. The monoisotopic (exact) mass is 528 g/mol. The zero-order valence-electron chi connectivity index (χ0n) is 21.7. The molecule has 196 valence electrons. The summed E-state index contributed by atoms with van der Waals surface area (Å²) >= 11 is 1.69. The molecular weight excluding hydrogens is 495 g/mol. The fourth-order valence-electron chi connectivity index (χ4n) is 5.21. The first-order valence-corrected chi connectivity index (χ1v) is 14.2. The molecule has 38 heavy (non-hydrogen) atoms. The van der Waals surface area contributed by atoms with E-state index in [1.807, 2.05) is 35.2 Å². The van der Waals surface area contributed by atoms with Gasteiger partial charge in [-0.3, -0.25) is 9.59 Å². The Bertz CT molecular complexity index is 1300. The lowest BCUT2D eigenvalue weighted by Crippen LogP contribution is -2.50. The number of nitrogens with zero attached hydrogens (tertiary/aromatic N) is 1. The van der Waals surface area contributed by atoms with Crippen molar-refractivity contribution >= 4 is 29.7 Å². The zero-order chi connectivity index (χ0) is 26.5. The average Bonchev–Trinajstić information content (AvgIpc) is 2.93. The minimum Gasteiger partial charge on any atom is -0.352 e. The third-order valence-corrected chi connectivity index (χ3v) is 8.77. The fraction of sp³-hybridized carbons (Fsp3) is 0.312. The van der Waals surface area contributed by atoms with Gasteiger partial charge in [-0.2, -0.15) is 0 Å². The van der Waals surface area contributed by atoms with Crippen molar-refractivity contribution in [3.05, 3.63) is 111 Å². The van der Waals surface area contributed by atoms with Gasteiger partial charge in [0.15, 0.2) is 0 Å². The predicted octanol–water partition coefficient (Wildman–Crippen LogP) is 6.53. The van der Waals surface area contributed by atoms with Gasteiger partial charge in [-0.05, 0) is 73.2 Å². The van der Waals surface area contributed by atoms with Gasteiger partial charge in [-0.1, -0.05) is 66.9 Å². The number of nitrogens with one attached hydrogen (secondary N) is 1. The third-order valence-electron chi connectivity index (χ3n) is 7.37. The molecule has 1 saturated heterocycles. The smallest absolute Gasteiger partial charge is 0.260 e. The quantitative estimate of drug-likeness (QED) is 0.355. The summed E-state index contributed by atoms with van der Waals surface area (Å²) in [5.41, 5.74) is 4.85. The molecule has 1 heterocycles. The van der Waals surface area contributed by atoms with Gasteiger partial charge in [0.05, 0.1) is 4.91 Å². The molecule has 0 aromatic heterocycles. The van der Waals surface area contributed by atoms with Crippen molar-refractivity contribution in [2.45, 2.75) is 56.9 Å². The topological polar surface area (TPSA) is 49.4 Å². The van der Waals surface area contributed by atoms with Crippen LogP contribution in [0.5, 0.6) is 0 Å². The Balaban J connectivity index is 1.25. The van der Waals surface area contributed by atoms with Gasteiger partial charge in [0.25, 0.3) is 11.8 Å². The summed E-state index contributed by atoms with van der Waals surface area (Å²) in [7, 11) is 0. The molecule has 0 spiro atoms. The number of amides is 2. The van der Waals surface area contributed by atoms with E-state index in [0.29, 0.717) is 23.9 Å². The number of halogens is 1. The minimum atomic E-state index is -0.270. The summed E-state index contributed by atoms with van der Waals surface area (Å²) < 4.78 is 13.4. The van der Waals surface area contributed by atoms with Crippen LogP contribution in [0.1, 0.15) is 58.3 Å². The lowest BCUT2D eigenvalue weighted by Gasteiger charge is -2.44. The standard InChI is InChI=1S/C32H33FN2O2S/c1-22-6-8-23(9-7-22)18-19-34-31(36)26-14-10-24(11-15-26)20-30-32(37)35(21-25-12-16-27(33)17-13-25)28-4-2-3-5-29(28)38-30/h6-17,20,28-29H,2-5,18-19,21H2,1H3,(H,34,36)/b30-20-. The number of thioether (sulfide) groups is 1. The van der Waals surface area contributed by atoms with Gasteiger partial charge in [0.2, 0.25) is 0 Å². The molecule has 1 aliphatic heterocycles.